The van der Waals surface area contributed by atoms with Crippen molar-refractivity contribution in [3.05, 3.63) is 64.0 Å². The van der Waals surface area contributed by atoms with Gasteiger partial charge >= 0.3 is 5.97 Å². The third kappa shape index (κ3) is 3.08. The molecular formula is C13H11N3O4. The van der Waals surface area contributed by atoms with Gasteiger partial charge < -0.3 is 10.4 Å². The number of carbonyl (C=O) groups is 1. The molecule has 1 aromatic heterocycles. The SMILES string of the molecule is O=C(O)c1ccc([N+](=O)[O-])cc1NCc1ccncc1. The van der Waals surface area contributed by atoms with E-state index in [9.17, 15) is 14.9 Å². The molecule has 0 aliphatic heterocycles. The van der Waals surface area contributed by atoms with Crippen LogP contribution in [0.5, 0.6) is 0 Å². The molecule has 7 heteroatoms. The maximum Gasteiger partial charge on any atom is 0.337 e. The summed E-state index contributed by atoms with van der Waals surface area (Å²) in [6.45, 7) is 0.351. The number of carboxylic acids is 1. The number of non-ortho nitro benzene ring substituents is 1. The second-order valence-electron chi connectivity index (χ2n) is 4.00. The number of nitro groups is 1. The third-order valence-corrected chi connectivity index (χ3v) is 2.68. The number of hydrogen-bond donors (Lipinski definition) is 2. The Hall–Kier alpha value is -2.96. The number of hydrogen-bond acceptors (Lipinski definition) is 5. The molecule has 0 saturated heterocycles. The second-order valence-corrected chi connectivity index (χ2v) is 4.00. The van der Waals surface area contributed by atoms with E-state index in [-0.39, 0.29) is 16.9 Å². The fourth-order valence-corrected chi connectivity index (χ4v) is 1.68. The van der Waals surface area contributed by atoms with Gasteiger partial charge in [-0.1, -0.05) is 0 Å². The molecule has 0 unspecified atom stereocenters. The average Bonchev–Trinajstić information content (AvgIpc) is 2.45. The Labute approximate surface area is 114 Å². The van der Waals surface area contributed by atoms with Crippen molar-refractivity contribution >= 4 is 17.3 Å². The molecule has 7 nitrogen and oxygen atoms in total. The van der Waals surface area contributed by atoms with Crippen molar-refractivity contribution in [3.63, 3.8) is 0 Å². The standard InChI is InChI=1S/C13H11N3O4/c17-13(18)11-2-1-10(16(19)20)7-12(11)15-8-9-3-5-14-6-4-9/h1-7,15H,8H2,(H,17,18). The van der Waals surface area contributed by atoms with E-state index in [1.165, 1.54) is 18.2 Å². The molecule has 0 bridgehead atoms. The Morgan fingerprint density at radius 2 is 2.00 bits per heavy atom. The molecule has 0 saturated carbocycles. The Morgan fingerprint density at radius 3 is 2.60 bits per heavy atom. The molecule has 0 spiro atoms. The van der Waals surface area contributed by atoms with Crippen molar-refractivity contribution in [2.45, 2.75) is 6.54 Å². The van der Waals surface area contributed by atoms with Crippen LogP contribution < -0.4 is 5.32 Å². The van der Waals surface area contributed by atoms with Crippen LogP contribution in [0.3, 0.4) is 0 Å². The normalized spacial score (nSPS) is 10.0. The van der Waals surface area contributed by atoms with Crippen LogP contribution in [0.4, 0.5) is 11.4 Å². The number of nitro benzene ring substituents is 1. The van der Waals surface area contributed by atoms with Crippen LogP contribution in [-0.2, 0) is 6.54 Å². The molecule has 2 N–H and O–H groups in total. The summed E-state index contributed by atoms with van der Waals surface area (Å²) in [6.07, 6.45) is 3.23. The second kappa shape index (κ2) is 5.79. The highest BCUT2D eigenvalue weighted by Crippen LogP contribution is 2.23. The molecule has 1 aromatic carbocycles. The molecule has 0 amide bonds. The smallest absolute Gasteiger partial charge is 0.337 e. The maximum absolute atomic E-state index is 11.1. The molecule has 2 rings (SSSR count). The minimum atomic E-state index is -1.14. The van der Waals surface area contributed by atoms with Crippen LogP contribution in [0.15, 0.2) is 42.7 Å². The number of nitrogens with zero attached hydrogens (tertiary/aromatic N) is 2. The fourth-order valence-electron chi connectivity index (χ4n) is 1.68. The topological polar surface area (TPSA) is 105 Å². The number of anilines is 1. The van der Waals surface area contributed by atoms with Crippen LogP contribution in [0, 0.1) is 10.1 Å². The fraction of sp³-hybridized carbons (Fsp3) is 0.0769. The Balaban J connectivity index is 2.26. The first-order valence-corrected chi connectivity index (χ1v) is 5.72. The molecule has 0 aliphatic carbocycles. The first kappa shape index (κ1) is 13.5. The minimum Gasteiger partial charge on any atom is -0.478 e. The van der Waals surface area contributed by atoms with E-state index in [4.69, 9.17) is 5.11 Å². The van der Waals surface area contributed by atoms with Gasteiger partial charge in [0.2, 0.25) is 0 Å². The van der Waals surface area contributed by atoms with E-state index >= 15 is 0 Å². The lowest BCUT2D eigenvalue weighted by atomic mass is 10.1. The number of aromatic nitrogens is 1. The van der Waals surface area contributed by atoms with Gasteiger partial charge in [-0.25, -0.2) is 4.79 Å². The number of aromatic carboxylic acids is 1. The van der Waals surface area contributed by atoms with E-state index in [0.29, 0.717) is 6.54 Å². The summed E-state index contributed by atoms with van der Waals surface area (Å²) >= 11 is 0. The van der Waals surface area contributed by atoms with Gasteiger partial charge in [-0.2, -0.15) is 0 Å². The molecule has 0 atom stereocenters. The Morgan fingerprint density at radius 1 is 1.30 bits per heavy atom. The largest absolute Gasteiger partial charge is 0.478 e. The summed E-state index contributed by atoms with van der Waals surface area (Å²) in [4.78, 5) is 25.1. The average molecular weight is 273 g/mol. The van der Waals surface area contributed by atoms with Crippen molar-refractivity contribution in [2.75, 3.05) is 5.32 Å². The summed E-state index contributed by atoms with van der Waals surface area (Å²) in [7, 11) is 0. The van der Waals surface area contributed by atoms with Crippen LogP contribution in [-0.4, -0.2) is 21.0 Å². The van der Waals surface area contributed by atoms with Gasteiger partial charge in [0, 0.05) is 31.1 Å². The van der Waals surface area contributed by atoms with Crippen LogP contribution in [0.2, 0.25) is 0 Å². The molecule has 0 fully saturated rings. The Kier molecular flexibility index (Phi) is 3.90. The number of benzene rings is 1. The first-order chi connectivity index (χ1) is 9.58. The highest BCUT2D eigenvalue weighted by molar-refractivity contribution is 5.94. The van der Waals surface area contributed by atoms with Gasteiger partial charge in [0.05, 0.1) is 16.2 Å². The Bertz CT molecular complexity index is 643. The lowest BCUT2D eigenvalue weighted by Crippen LogP contribution is -2.07. The first-order valence-electron chi connectivity index (χ1n) is 5.72. The zero-order valence-corrected chi connectivity index (χ0v) is 10.3. The zero-order valence-electron chi connectivity index (χ0n) is 10.3. The van der Waals surface area contributed by atoms with Gasteiger partial charge in [-0.05, 0) is 23.8 Å². The molecule has 2 aromatic rings. The van der Waals surface area contributed by atoms with Gasteiger partial charge in [0.1, 0.15) is 0 Å². The van der Waals surface area contributed by atoms with Crippen molar-refractivity contribution in [2.24, 2.45) is 0 Å². The van der Waals surface area contributed by atoms with Crippen molar-refractivity contribution in [1.82, 2.24) is 4.98 Å². The number of carboxylic acid groups (broad SMARTS) is 1. The molecule has 0 radical (unpaired) electrons. The molecular weight excluding hydrogens is 262 g/mol. The maximum atomic E-state index is 11.1. The molecule has 1 heterocycles. The van der Waals surface area contributed by atoms with Crippen molar-refractivity contribution in [3.8, 4) is 0 Å². The van der Waals surface area contributed by atoms with Gasteiger partial charge in [-0.3, -0.25) is 15.1 Å². The summed E-state index contributed by atoms with van der Waals surface area (Å²) in [5, 5.41) is 22.7. The van der Waals surface area contributed by atoms with Gasteiger partial charge in [-0.15, -0.1) is 0 Å². The van der Waals surface area contributed by atoms with Gasteiger partial charge in [0.25, 0.3) is 5.69 Å². The van der Waals surface area contributed by atoms with E-state index in [1.54, 1.807) is 24.5 Å². The van der Waals surface area contributed by atoms with Crippen molar-refractivity contribution in [1.29, 1.82) is 0 Å². The molecule has 0 aliphatic rings. The van der Waals surface area contributed by atoms with Crippen LogP contribution in [0.25, 0.3) is 0 Å². The predicted molar refractivity (Wildman–Crippen MR) is 71.6 cm³/mol. The number of nitrogens with one attached hydrogen (secondary N) is 1. The lowest BCUT2D eigenvalue weighted by molar-refractivity contribution is -0.384. The van der Waals surface area contributed by atoms with Crippen molar-refractivity contribution < 1.29 is 14.8 Å². The van der Waals surface area contributed by atoms with E-state index in [1.807, 2.05) is 0 Å². The summed E-state index contributed by atoms with van der Waals surface area (Å²) in [6, 6.07) is 7.14. The van der Waals surface area contributed by atoms with Crippen LogP contribution >= 0.6 is 0 Å². The zero-order chi connectivity index (χ0) is 14.5. The summed E-state index contributed by atoms with van der Waals surface area (Å²) in [5.41, 5.74) is 0.934. The third-order valence-electron chi connectivity index (χ3n) is 2.68. The quantitative estimate of drug-likeness (QED) is 0.639. The van der Waals surface area contributed by atoms with E-state index < -0.39 is 10.9 Å². The van der Waals surface area contributed by atoms with Crippen LogP contribution in [0.1, 0.15) is 15.9 Å². The molecule has 20 heavy (non-hydrogen) atoms. The van der Waals surface area contributed by atoms with E-state index in [2.05, 4.69) is 10.3 Å². The molecule has 102 valence electrons. The minimum absolute atomic E-state index is 0.00958. The van der Waals surface area contributed by atoms with E-state index in [0.717, 1.165) is 5.56 Å². The highest BCUT2D eigenvalue weighted by atomic mass is 16.6. The highest BCUT2D eigenvalue weighted by Gasteiger charge is 2.15. The lowest BCUT2D eigenvalue weighted by Gasteiger charge is -2.09. The number of rotatable bonds is 5. The number of pyridine rings is 1. The summed E-state index contributed by atoms with van der Waals surface area (Å²) in [5.74, 6) is -1.14. The summed E-state index contributed by atoms with van der Waals surface area (Å²) < 4.78 is 0. The predicted octanol–water partition coefficient (Wildman–Crippen LogP) is 2.30. The monoisotopic (exact) mass is 273 g/mol. The van der Waals surface area contributed by atoms with Gasteiger partial charge in [0.15, 0.2) is 0 Å².